The zero-order valence-electron chi connectivity index (χ0n) is 9.10. The quantitative estimate of drug-likeness (QED) is 0.680. The largest absolute Gasteiger partial charge is 0.315 e. The van der Waals surface area contributed by atoms with Crippen LogP contribution in [-0.4, -0.2) is 26.2 Å². The summed E-state index contributed by atoms with van der Waals surface area (Å²) in [6.07, 6.45) is 7.19. The topological polar surface area (TPSA) is 24.1 Å². The van der Waals surface area contributed by atoms with Crippen LogP contribution in [0.15, 0.2) is 0 Å². The molecule has 1 atom stereocenters. The van der Waals surface area contributed by atoms with E-state index in [9.17, 15) is 0 Å². The van der Waals surface area contributed by atoms with Crippen molar-refractivity contribution in [3.8, 4) is 0 Å². The van der Waals surface area contributed by atoms with Gasteiger partial charge in [0.25, 0.3) is 0 Å². The standard InChI is InChI=1S/C11H24N2/c1-3-13-9-11(12-2)10-7-5-4-6-8-10/h10-13H,3-9H2,1-2H3. The highest BCUT2D eigenvalue weighted by molar-refractivity contribution is 4.79. The van der Waals surface area contributed by atoms with Crippen molar-refractivity contribution in [2.45, 2.75) is 45.1 Å². The smallest absolute Gasteiger partial charge is 0.0217 e. The van der Waals surface area contributed by atoms with Gasteiger partial charge in [-0.25, -0.2) is 0 Å². The molecule has 0 aromatic carbocycles. The first-order valence-electron chi connectivity index (χ1n) is 5.76. The average Bonchev–Trinajstić information content (AvgIpc) is 2.21. The Morgan fingerprint density at radius 1 is 1.23 bits per heavy atom. The molecule has 1 fully saturated rings. The normalized spacial score (nSPS) is 21.7. The van der Waals surface area contributed by atoms with Crippen molar-refractivity contribution in [2.24, 2.45) is 5.92 Å². The molecule has 0 spiro atoms. The Kier molecular flexibility index (Phi) is 5.40. The molecule has 0 bridgehead atoms. The van der Waals surface area contributed by atoms with Crippen molar-refractivity contribution in [1.82, 2.24) is 10.6 Å². The zero-order chi connectivity index (χ0) is 9.52. The third-order valence-corrected chi connectivity index (χ3v) is 3.20. The molecule has 1 rings (SSSR count). The van der Waals surface area contributed by atoms with Gasteiger partial charge >= 0.3 is 0 Å². The maximum Gasteiger partial charge on any atom is 0.0217 e. The van der Waals surface area contributed by atoms with Crippen LogP contribution in [0.1, 0.15) is 39.0 Å². The summed E-state index contributed by atoms with van der Waals surface area (Å²) in [5.74, 6) is 0.915. The van der Waals surface area contributed by atoms with E-state index in [-0.39, 0.29) is 0 Å². The average molecular weight is 184 g/mol. The van der Waals surface area contributed by atoms with Crippen LogP contribution in [0.4, 0.5) is 0 Å². The van der Waals surface area contributed by atoms with Gasteiger partial charge in [-0.15, -0.1) is 0 Å². The summed E-state index contributed by atoms with van der Waals surface area (Å²) >= 11 is 0. The molecule has 1 saturated carbocycles. The Morgan fingerprint density at radius 3 is 2.46 bits per heavy atom. The van der Waals surface area contributed by atoms with Crippen LogP contribution < -0.4 is 10.6 Å². The molecule has 1 aliphatic rings. The highest BCUT2D eigenvalue weighted by Crippen LogP contribution is 2.25. The first kappa shape index (κ1) is 11.0. The van der Waals surface area contributed by atoms with E-state index in [4.69, 9.17) is 0 Å². The van der Waals surface area contributed by atoms with Crippen LogP contribution in [-0.2, 0) is 0 Å². The van der Waals surface area contributed by atoms with E-state index in [0.717, 1.165) is 19.0 Å². The van der Waals surface area contributed by atoms with Gasteiger partial charge in [-0.3, -0.25) is 0 Å². The van der Waals surface area contributed by atoms with Gasteiger partial charge in [0.05, 0.1) is 0 Å². The van der Waals surface area contributed by atoms with E-state index in [1.807, 2.05) is 0 Å². The van der Waals surface area contributed by atoms with Crippen molar-refractivity contribution in [3.05, 3.63) is 0 Å². The van der Waals surface area contributed by atoms with Gasteiger partial charge in [-0.05, 0) is 32.4 Å². The van der Waals surface area contributed by atoms with Crippen molar-refractivity contribution >= 4 is 0 Å². The molecular weight excluding hydrogens is 160 g/mol. The van der Waals surface area contributed by atoms with E-state index in [1.54, 1.807) is 0 Å². The number of rotatable bonds is 5. The predicted molar refractivity (Wildman–Crippen MR) is 58.0 cm³/mol. The minimum absolute atomic E-state index is 0.695. The van der Waals surface area contributed by atoms with Crippen molar-refractivity contribution in [3.63, 3.8) is 0 Å². The Morgan fingerprint density at radius 2 is 1.92 bits per heavy atom. The maximum absolute atomic E-state index is 3.44. The molecule has 1 unspecified atom stereocenters. The molecule has 0 aromatic rings. The molecule has 2 N–H and O–H groups in total. The lowest BCUT2D eigenvalue weighted by Crippen LogP contribution is -2.42. The highest BCUT2D eigenvalue weighted by atomic mass is 15.0. The van der Waals surface area contributed by atoms with E-state index >= 15 is 0 Å². The van der Waals surface area contributed by atoms with Crippen LogP contribution in [0.3, 0.4) is 0 Å². The van der Waals surface area contributed by atoms with Crippen LogP contribution in [0.2, 0.25) is 0 Å². The molecule has 0 radical (unpaired) electrons. The summed E-state index contributed by atoms with van der Waals surface area (Å²) in [5, 5.41) is 6.88. The maximum atomic E-state index is 3.44. The number of nitrogens with one attached hydrogen (secondary N) is 2. The van der Waals surface area contributed by atoms with Crippen LogP contribution >= 0.6 is 0 Å². The molecule has 0 saturated heterocycles. The molecule has 2 nitrogen and oxygen atoms in total. The zero-order valence-corrected chi connectivity index (χ0v) is 9.10. The summed E-state index contributed by atoms with van der Waals surface area (Å²) in [4.78, 5) is 0. The first-order chi connectivity index (χ1) is 6.38. The van der Waals surface area contributed by atoms with E-state index in [2.05, 4.69) is 24.6 Å². The second-order valence-corrected chi connectivity index (χ2v) is 4.10. The molecule has 0 aliphatic heterocycles. The molecule has 13 heavy (non-hydrogen) atoms. The first-order valence-corrected chi connectivity index (χ1v) is 5.76. The van der Waals surface area contributed by atoms with Gasteiger partial charge in [0, 0.05) is 12.6 Å². The van der Waals surface area contributed by atoms with Gasteiger partial charge in [0.1, 0.15) is 0 Å². The minimum atomic E-state index is 0.695. The summed E-state index contributed by atoms with van der Waals surface area (Å²) in [6, 6.07) is 0.695. The number of hydrogen-bond acceptors (Lipinski definition) is 2. The van der Waals surface area contributed by atoms with E-state index in [1.165, 1.54) is 32.1 Å². The fourth-order valence-electron chi connectivity index (χ4n) is 2.34. The molecule has 1 aliphatic carbocycles. The SMILES string of the molecule is CCNCC(NC)C1CCCCC1. The Labute approximate surface area is 82.5 Å². The lowest BCUT2D eigenvalue weighted by atomic mass is 9.84. The Hall–Kier alpha value is -0.0800. The van der Waals surface area contributed by atoms with E-state index < -0.39 is 0 Å². The minimum Gasteiger partial charge on any atom is -0.315 e. The summed E-state index contributed by atoms with van der Waals surface area (Å²) in [6.45, 7) is 4.40. The molecule has 2 heteroatoms. The van der Waals surface area contributed by atoms with Crippen molar-refractivity contribution in [2.75, 3.05) is 20.1 Å². The predicted octanol–water partition coefficient (Wildman–Crippen LogP) is 1.76. The lowest BCUT2D eigenvalue weighted by molar-refractivity contribution is 0.272. The van der Waals surface area contributed by atoms with Crippen LogP contribution in [0.5, 0.6) is 0 Å². The Balaban J connectivity index is 2.26. The summed E-state index contributed by atoms with van der Waals surface area (Å²) in [7, 11) is 2.09. The highest BCUT2D eigenvalue weighted by Gasteiger charge is 2.21. The van der Waals surface area contributed by atoms with E-state index in [0.29, 0.717) is 6.04 Å². The van der Waals surface area contributed by atoms with Crippen LogP contribution in [0, 0.1) is 5.92 Å². The van der Waals surface area contributed by atoms with Gasteiger partial charge in [-0.2, -0.15) is 0 Å². The second kappa shape index (κ2) is 6.39. The van der Waals surface area contributed by atoms with Gasteiger partial charge in [-0.1, -0.05) is 26.2 Å². The molecule has 0 heterocycles. The third-order valence-electron chi connectivity index (χ3n) is 3.20. The fraction of sp³-hybridized carbons (Fsp3) is 1.00. The second-order valence-electron chi connectivity index (χ2n) is 4.10. The van der Waals surface area contributed by atoms with Crippen LogP contribution in [0.25, 0.3) is 0 Å². The lowest BCUT2D eigenvalue weighted by Gasteiger charge is -2.30. The molecule has 0 amide bonds. The molecule has 78 valence electrons. The Bertz CT molecular complexity index is 119. The van der Waals surface area contributed by atoms with Crippen molar-refractivity contribution < 1.29 is 0 Å². The molecule has 0 aromatic heterocycles. The van der Waals surface area contributed by atoms with Gasteiger partial charge in [0.15, 0.2) is 0 Å². The molecular formula is C11H24N2. The number of likely N-dealkylation sites (N-methyl/N-ethyl adjacent to an activating group) is 2. The fourth-order valence-corrected chi connectivity index (χ4v) is 2.34. The van der Waals surface area contributed by atoms with Gasteiger partial charge < -0.3 is 10.6 Å². The number of hydrogen-bond donors (Lipinski definition) is 2. The third kappa shape index (κ3) is 3.65. The van der Waals surface area contributed by atoms with Crippen molar-refractivity contribution in [1.29, 1.82) is 0 Å². The van der Waals surface area contributed by atoms with Gasteiger partial charge in [0.2, 0.25) is 0 Å². The summed E-state index contributed by atoms with van der Waals surface area (Å²) in [5.41, 5.74) is 0. The monoisotopic (exact) mass is 184 g/mol. The summed E-state index contributed by atoms with van der Waals surface area (Å²) < 4.78 is 0.